The smallest absolute Gasteiger partial charge is 0.255 e. The van der Waals surface area contributed by atoms with Crippen LogP contribution in [0.15, 0.2) is 36.2 Å². The molecule has 0 N–H and O–H groups in total. The maximum Gasteiger partial charge on any atom is 0.255 e. The summed E-state index contributed by atoms with van der Waals surface area (Å²) in [6.07, 6.45) is 13.6. The number of carbonyl (C=O) groups is 1. The molecule has 5 heteroatoms. The second-order valence-corrected chi connectivity index (χ2v) is 6.52. The van der Waals surface area contributed by atoms with Crippen LogP contribution < -0.4 is 9.64 Å². The van der Waals surface area contributed by atoms with Gasteiger partial charge in [-0.1, -0.05) is 12.2 Å². The van der Waals surface area contributed by atoms with Crippen LogP contribution in [0.25, 0.3) is 0 Å². The van der Waals surface area contributed by atoms with Crippen LogP contribution in [0, 0.1) is 0 Å². The summed E-state index contributed by atoms with van der Waals surface area (Å²) >= 11 is 0. The molecule has 1 aromatic rings. The van der Waals surface area contributed by atoms with Crippen molar-refractivity contribution in [2.45, 2.75) is 32.1 Å². The van der Waals surface area contributed by atoms with Crippen molar-refractivity contribution in [1.82, 2.24) is 9.88 Å². The number of rotatable bonds is 2. The summed E-state index contributed by atoms with van der Waals surface area (Å²) < 4.78 is 5.80. The number of aromatic nitrogens is 1. The van der Waals surface area contributed by atoms with Crippen LogP contribution in [0.5, 0.6) is 5.75 Å². The molecule has 2 aliphatic heterocycles. The molecule has 1 aromatic heterocycles. The summed E-state index contributed by atoms with van der Waals surface area (Å²) in [5.74, 6) is 1.63. The van der Waals surface area contributed by atoms with Gasteiger partial charge in [-0.25, -0.2) is 4.98 Å². The molecule has 1 saturated heterocycles. The lowest BCUT2D eigenvalue weighted by atomic mass is 10.1. The maximum absolute atomic E-state index is 12.7. The first-order chi connectivity index (χ1) is 11.8. The lowest BCUT2D eigenvalue weighted by Gasteiger charge is -2.33. The quantitative estimate of drug-likeness (QED) is 0.838. The maximum atomic E-state index is 12.7. The Hall–Kier alpha value is -2.30. The third-order valence-electron chi connectivity index (χ3n) is 4.89. The number of likely N-dealkylation sites (tertiary alicyclic amines) is 1. The van der Waals surface area contributed by atoms with Crippen molar-refractivity contribution < 1.29 is 9.53 Å². The zero-order chi connectivity index (χ0) is 16.4. The Bertz CT molecular complexity index is 690. The van der Waals surface area contributed by atoms with E-state index in [0.29, 0.717) is 12.2 Å². The number of fused-ring (bicyclic) bond motifs is 1. The molecule has 0 spiro atoms. The number of pyridine rings is 1. The second kappa shape index (κ2) is 6.67. The molecule has 0 aromatic carbocycles. The number of hydrogen-bond acceptors (Lipinski definition) is 4. The van der Waals surface area contributed by atoms with Gasteiger partial charge in [-0.2, -0.15) is 0 Å². The molecular formula is C19H23N3O2. The van der Waals surface area contributed by atoms with Crippen molar-refractivity contribution in [3.05, 3.63) is 41.8 Å². The van der Waals surface area contributed by atoms with Crippen LogP contribution in [0.3, 0.4) is 0 Å². The van der Waals surface area contributed by atoms with Crippen molar-refractivity contribution >= 4 is 11.7 Å². The molecule has 1 fully saturated rings. The van der Waals surface area contributed by atoms with Gasteiger partial charge < -0.3 is 14.5 Å². The third kappa shape index (κ3) is 2.90. The number of anilines is 1. The van der Waals surface area contributed by atoms with Crippen molar-refractivity contribution in [2.75, 3.05) is 31.1 Å². The summed E-state index contributed by atoms with van der Waals surface area (Å²) in [6, 6.07) is 1.87. The fourth-order valence-electron chi connectivity index (χ4n) is 3.59. The van der Waals surface area contributed by atoms with Crippen LogP contribution in [0.1, 0.15) is 42.5 Å². The third-order valence-corrected chi connectivity index (χ3v) is 4.89. The highest BCUT2D eigenvalue weighted by Crippen LogP contribution is 2.34. The number of piperidine rings is 1. The van der Waals surface area contributed by atoms with Gasteiger partial charge in [-0.05, 0) is 44.2 Å². The Kier molecular flexibility index (Phi) is 4.24. The zero-order valence-electron chi connectivity index (χ0n) is 13.9. The fourth-order valence-corrected chi connectivity index (χ4v) is 3.59. The van der Waals surface area contributed by atoms with Crippen LogP contribution in [-0.4, -0.2) is 42.0 Å². The van der Waals surface area contributed by atoms with Crippen LogP contribution in [0.2, 0.25) is 0 Å². The first kappa shape index (κ1) is 15.2. The van der Waals surface area contributed by atoms with Crippen molar-refractivity contribution in [1.29, 1.82) is 0 Å². The minimum absolute atomic E-state index is 0.0746. The van der Waals surface area contributed by atoms with Crippen LogP contribution >= 0.6 is 0 Å². The Morgan fingerprint density at radius 2 is 2.04 bits per heavy atom. The second-order valence-electron chi connectivity index (χ2n) is 6.52. The van der Waals surface area contributed by atoms with Gasteiger partial charge in [-0.15, -0.1) is 0 Å². The van der Waals surface area contributed by atoms with E-state index in [1.807, 2.05) is 11.0 Å². The van der Waals surface area contributed by atoms with Gasteiger partial charge in [0.2, 0.25) is 0 Å². The molecule has 5 nitrogen and oxygen atoms in total. The first-order valence-corrected chi connectivity index (χ1v) is 8.88. The number of allylic oxidation sites excluding steroid dienone is 4. The molecule has 1 aliphatic carbocycles. The number of amides is 1. The highest BCUT2D eigenvalue weighted by atomic mass is 16.5. The fraction of sp³-hybridized carbons (Fsp3) is 0.474. The van der Waals surface area contributed by atoms with E-state index in [4.69, 9.17) is 4.74 Å². The molecule has 0 atom stereocenters. The van der Waals surface area contributed by atoms with Gasteiger partial charge in [0.15, 0.2) is 11.6 Å². The number of carbonyl (C=O) groups excluding carboxylic acids is 1. The SMILES string of the molecule is O=C(c1cnc2c(c1)OCCN2C1=CC=CCC1)N1CCCCC1. The van der Waals surface area contributed by atoms with E-state index in [1.165, 1.54) is 12.1 Å². The van der Waals surface area contributed by atoms with Gasteiger partial charge in [-0.3, -0.25) is 4.79 Å². The van der Waals surface area contributed by atoms with Gasteiger partial charge in [0.05, 0.1) is 12.1 Å². The number of nitrogens with zero attached hydrogens (tertiary/aromatic N) is 3. The van der Waals surface area contributed by atoms with Gasteiger partial charge >= 0.3 is 0 Å². The summed E-state index contributed by atoms with van der Waals surface area (Å²) in [5.41, 5.74) is 1.90. The van der Waals surface area contributed by atoms with Crippen molar-refractivity contribution in [3.8, 4) is 5.75 Å². The lowest BCUT2D eigenvalue weighted by molar-refractivity contribution is 0.0723. The molecule has 3 heterocycles. The molecule has 0 saturated carbocycles. The first-order valence-electron chi connectivity index (χ1n) is 8.88. The Morgan fingerprint density at radius 3 is 2.83 bits per heavy atom. The van der Waals surface area contributed by atoms with E-state index in [1.54, 1.807) is 6.20 Å². The normalized spacial score (nSPS) is 20.2. The monoisotopic (exact) mass is 325 g/mol. The van der Waals surface area contributed by atoms with Gasteiger partial charge in [0, 0.05) is 25.0 Å². The number of hydrogen-bond donors (Lipinski definition) is 0. The van der Waals surface area contributed by atoms with Gasteiger partial charge in [0.1, 0.15) is 6.61 Å². The average Bonchev–Trinajstić information content (AvgIpc) is 2.68. The molecule has 126 valence electrons. The van der Waals surface area contributed by atoms with Crippen LogP contribution in [-0.2, 0) is 0 Å². The summed E-state index contributed by atoms with van der Waals surface area (Å²) in [5, 5.41) is 0. The lowest BCUT2D eigenvalue weighted by Crippen LogP contribution is -2.36. The molecule has 0 radical (unpaired) electrons. The van der Waals surface area contributed by atoms with E-state index >= 15 is 0 Å². The minimum Gasteiger partial charge on any atom is -0.488 e. The van der Waals surface area contributed by atoms with Gasteiger partial charge in [0.25, 0.3) is 5.91 Å². The minimum atomic E-state index is 0.0746. The highest BCUT2D eigenvalue weighted by Gasteiger charge is 2.25. The van der Waals surface area contributed by atoms with E-state index in [0.717, 1.165) is 56.9 Å². The Balaban J connectivity index is 1.59. The van der Waals surface area contributed by atoms with Crippen molar-refractivity contribution in [2.24, 2.45) is 0 Å². The van der Waals surface area contributed by atoms with E-state index < -0.39 is 0 Å². The topological polar surface area (TPSA) is 45.7 Å². The standard InChI is InChI=1S/C19H23N3O2/c23-19(21-9-5-2-6-10-21)15-13-17-18(20-14-15)22(11-12-24-17)16-7-3-1-4-8-16/h1,3,7,13-14H,2,4-6,8-12H2. The summed E-state index contributed by atoms with van der Waals surface area (Å²) in [7, 11) is 0. The Morgan fingerprint density at radius 1 is 1.17 bits per heavy atom. The molecule has 0 unspecified atom stereocenters. The predicted octanol–water partition coefficient (Wildman–Crippen LogP) is 3.14. The molecule has 1 amide bonds. The molecule has 4 rings (SSSR count). The molecule has 3 aliphatic rings. The van der Waals surface area contributed by atoms with Crippen LogP contribution in [0.4, 0.5) is 5.82 Å². The Labute approximate surface area is 142 Å². The zero-order valence-corrected chi connectivity index (χ0v) is 13.9. The highest BCUT2D eigenvalue weighted by molar-refractivity contribution is 5.95. The van der Waals surface area contributed by atoms with Crippen molar-refractivity contribution in [3.63, 3.8) is 0 Å². The predicted molar refractivity (Wildman–Crippen MR) is 93.3 cm³/mol. The largest absolute Gasteiger partial charge is 0.488 e. The average molecular weight is 325 g/mol. The summed E-state index contributed by atoms with van der Waals surface area (Å²) in [6.45, 7) is 3.13. The molecular weight excluding hydrogens is 302 g/mol. The van der Waals surface area contributed by atoms with E-state index in [9.17, 15) is 4.79 Å². The number of ether oxygens (including phenoxy) is 1. The molecule has 24 heavy (non-hydrogen) atoms. The van der Waals surface area contributed by atoms with E-state index in [-0.39, 0.29) is 5.91 Å². The molecule has 0 bridgehead atoms. The van der Waals surface area contributed by atoms with E-state index in [2.05, 4.69) is 28.1 Å². The summed E-state index contributed by atoms with van der Waals surface area (Å²) in [4.78, 5) is 21.4.